The Bertz CT molecular complexity index is 872. The van der Waals surface area contributed by atoms with Gasteiger partial charge in [0.1, 0.15) is 5.75 Å². The molecular formula is C18H15ClN2O3. The third-order valence-corrected chi connectivity index (χ3v) is 3.72. The van der Waals surface area contributed by atoms with E-state index in [9.17, 15) is 4.79 Å². The maximum atomic E-state index is 12.4. The molecule has 2 aromatic carbocycles. The second-order valence-electron chi connectivity index (χ2n) is 5.24. The van der Waals surface area contributed by atoms with E-state index in [-0.39, 0.29) is 5.69 Å². The lowest BCUT2D eigenvalue weighted by Gasteiger charge is -2.09. The van der Waals surface area contributed by atoms with Crippen LogP contribution in [0.2, 0.25) is 5.02 Å². The Morgan fingerprint density at radius 1 is 1.17 bits per heavy atom. The number of hydrogen-bond donors (Lipinski definition) is 1. The minimum absolute atomic E-state index is 0.174. The maximum absolute atomic E-state index is 12.4. The second-order valence-corrected chi connectivity index (χ2v) is 5.68. The summed E-state index contributed by atoms with van der Waals surface area (Å²) >= 11 is 5.96. The van der Waals surface area contributed by atoms with Gasteiger partial charge in [-0.2, -0.15) is 0 Å². The summed E-state index contributed by atoms with van der Waals surface area (Å²) in [5.74, 6) is 0.630. The Hall–Kier alpha value is -2.79. The Balaban J connectivity index is 1.81. The van der Waals surface area contributed by atoms with Gasteiger partial charge in [0.2, 0.25) is 0 Å². The number of aryl methyl sites for hydroxylation is 1. The highest BCUT2D eigenvalue weighted by Crippen LogP contribution is 2.28. The van der Waals surface area contributed by atoms with E-state index in [0.29, 0.717) is 22.2 Å². The van der Waals surface area contributed by atoms with E-state index in [2.05, 4.69) is 10.5 Å². The topological polar surface area (TPSA) is 64.4 Å². The smallest absolute Gasteiger partial charge is 0.277 e. The van der Waals surface area contributed by atoms with Gasteiger partial charge in [0.15, 0.2) is 11.5 Å². The minimum atomic E-state index is -0.405. The SMILES string of the molecule is COc1ccc(Cl)cc1NC(=O)c1cc(-c2ccc(C)cc2)on1. The average molecular weight is 343 g/mol. The molecule has 3 rings (SSSR count). The fraction of sp³-hybridized carbons (Fsp3) is 0.111. The van der Waals surface area contributed by atoms with Crippen LogP contribution in [0.4, 0.5) is 5.69 Å². The Morgan fingerprint density at radius 3 is 2.62 bits per heavy atom. The number of aromatic nitrogens is 1. The highest BCUT2D eigenvalue weighted by atomic mass is 35.5. The number of carbonyl (C=O) groups excluding carboxylic acids is 1. The van der Waals surface area contributed by atoms with Crippen molar-refractivity contribution in [2.45, 2.75) is 6.92 Å². The van der Waals surface area contributed by atoms with Crippen molar-refractivity contribution in [1.29, 1.82) is 0 Å². The van der Waals surface area contributed by atoms with Gasteiger partial charge in [-0.05, 0) is 25.1 Å². The molecule has 3 aromatic rings. The normalized spacial score (nSPS) is 10.5. The molecule has 0 aliphatic rings. The number of methoxy groups -OCH3 is 1. The van der Waals surface area contributed by atoms with E-state index in [4.69, 9.17) is 20.9 Å². The van der Waals surface area contributed by atoms with Gasteiger partial charge in [-0.25, -0.2) is 0 Å². The molecule has 0 radical (unpaired) electrons. The molecule has 1 heterocycles. The molecule has 1 N–H and O–H groups in total. The summed E-state index contributed by atoms with van der Waals surface area (Å²) in [6.45, 7) is 2.00. The fourth-order valence-electron chi connectivity index (χ4n) is 2.20. The van der Waals surface area contributed by atoms with Crippen LogP contribution in [0.25, 0.3) is 11.3 Å². The number of carbonyl (C=O) groups is 1. The first-order valence-electron chi connectivity index (χ1n) is 7.25. The van der Waals surface area contributed by atoms with Crippen LogP contribution in [0.1, 0.15) is 16.1 Å². The van der Waals surface area contributed by atoms with Gasteiger partial charge < -0.3 is 14.6 Å². The van der Waals surface area contributed by atoms with Crippen LogP contribution < -0.4 is 10.1 Å². The third-order valence-electron chi connectivity index (χ3n) is 3.49. The number of nitrogens with one attached hydrogen (secondary N) is 1. The monoisotopic (exact) mass is 342 g/mol. The predicted octanol–water partition coefficient (Wildman–Crippen LogP) is 4.56. The molecule has 0 aliphatic heterocycles. The number of hydrogen-bond acceptors (Lipinski definition) is 4. The lowest BCUT2D eigenvalue weighted by molar-refractivity contribution is 0.101. The summed E-state index contributed by atoms with van der Waals surface area (Å²) < 4.78 is 10.5. The van der Waals surface area contributed by atoms with E-state index >= 15 is 0 Å². The molecule has 1 amide bonds. The molecule has 0 aliphatic carbocycles. The zero-order valence-corrected chi connectivity index (χ0v) is 13.9. The Kier molecular flexibility index (Phi) is 4.53. The zero-order valence-electron chi connectivity index (χ0n) is 13.2. The molecule has 0 atom stereocenters. The van der Waals surface area contributed by atoms with Crippen molar-refractivity contribution in [2.24, 2.45) is 0 Å². The lowest BCUT2D eigenvalue weighted by Crippen LogP contribution is -2.12. The van der Waals surface area contributed by atoms with Gasteiger partial charge in [0.05, 0.1) is 12.8 Å². The second kappa shape index (κ2) is 6.76. The first kappa shape index (κ1) is 16.1. The molecule has 0 saturated heterocycles. The van der Waals surface area contributed by atoms with E-state index in [1.807, 2.05) is 31.2 Å². The summed E-state index contributed by atoms with van der Waals surface area (Å²) in [7, 11) is 1.52. The highest BCUT2D eigenvalue weighted by molar-refractivity contribution is 6.31. The molecule has 122 valence electrons. The van der Waals surface area contributed by atoms with Crippen molar-refractivity contribution in [3.8, 4) is 17.1 Å². The van der Waals surface area contributed by atoms with E-state index in [0.717, 1.165) is 11.1 Å². The van der Waals surface area contributed by atoms with Gasteiger partial charge in [-0.15, -0.1) is 0 Å². The van der Waals surface area contributed by atoms with Crippen molar-refractivity contribution >= 4 is 23.2 Å². The molecule has 6 heteroatoms. The number of anilines is 1. The van der Waals surface area contributed by atoms with E-state index in [1.165, 1.54) is 7.11 Å². The molecule has 0 spiro atoms. The molecule has 5 nitrogen and oxygen atoms in total. The van der Waals surface area contributed by atoms with Crippen LogP contribution in [-0.2, 0) is 0 Å². The number of ether oxygens (including phenoxy) is 1. The predicted molar refractivity (Wildman–Crippen MR) is 92.6 cm³/mol. The van der Waals surface area contributed by atoms with Crippen LogP contribution in [0.15, 0.2) is 53.1 Å². The quantitative estimate of drug-likeness (QED) is 0.754. The number of nitrogens with zero attached hydrogens (tertiary/aromatic N) is 1. The molecule has 0 saturated carbocycles. The molecule has 0 unspecified atom stereocenters. The van der Waals surface area contributed by atoms with E-state index in [1.54, 1.807) is 24.3 Å². The standard InChI is InChI=1S/C18H15ClN2O3/c1-11-3-5-12(6-4-11)17-10-15(21-24-17)18(22)20-14-9-13(19)7-8-16(14)23-2/h3-10H,1-2H3,(H,20,22). The first-order valence-corrected chi connectivity index (χ1v) is 7.63. The molecule has 0 bridgehead atoms. The minimum Gasteiger partial charge on any atom is -0.495 e. The summed E-state index contributed by atoms with van der Waals surface area (Å²) in [5, 5.41) is 7.04. The van der Waals surface area contributed by atoms with Crippen LogP contribution in [0, 0.1) is 6.92 Å². The highest BCUT2D eigenvalue weighted by Gasteiger charge is 2.16. The van der Waals surface area contributed by atoms with Crippen LogP contribution in [0.3, 0.4) is 0 Å². The lowest BCUT2D eigenvalue weighted by atomic mass is 10.1. The summed E-state index contributed by atoms with van der Waals surface area (Å²) in [6, 6.07) is 14.3. The Morgan fingerprint density at radius 2 is 1.92 bits per heavy atom. The number of benzene rings is 2. The Labute approximate surface area is 144 Å². The van der Waals surface area contributed by atoms with Gasteiger partial charge in [-0.3, -0.25) is 4.79 Å². The summed E-state index contributed by atoms with van der Waals surface area (Å²) in [5.41, 5.74) is 2.64. The zero-order chi connectivity index (χ0) is 17.1. The van der Waals surface area contributed by atoms with Crippen molar-refractivity contribution in [1.82, 2.24) is 5.16 Å². The fourth-order valence-corrected chi connectivity index (χ4v) is 2.37. The maximum Gasteiger partial charge on any atom is 0.277 e. The van der Waals surface area contributed by atoms with Crippen LogP contribution >= 0.6 is 11.6 Å². The average Bonchev–Trinajstić information content (AvgIpc) is 3.06. The van der Waals surface area contributed by atoms with Gasteiger partial charge in [0, 0.05) is 16.7 Å². The molecule has 0 fully saturated rings. The molecule has 24 heavy (non-hydrogen) atoms. The number of halogens is 1. The van der Waals surface area contributed by atoms with Gasteiger partial charge in [-0.1, -0.05) is 46.6 Å². The van der Waals surface area contributed by atoms with Crippen LogP contribution in [0.5, 0.6) is 5.75 Å². The van der Waals surface area contributed by atoms with Gasteiger partial charge >= 0.3 is 0 Å². The van der Waals surface area contributed by atoms with Crippen molar-refractivity contribution in [3.05, 3.63) is 64.8 Å². The van der Waals surface area contributed by atoms with Gasteiger partial charge in [0.25, 0.3) is 5.91 Å². The van der Waals surface area contributed by atoms with Crippen molar-refractivity contribution in [3.63, 3.8) is 0 Å². The summed E-state index contributed by atoms with van der Waals surface area (Å²) in [6.07, 6.45) is 0. The molecule has 1 aromatic heterocycles. The third kappa shape index (κ3) is 3.41. The first-order chi connectivity index (χ1) is 11.6. The van der Waals surface area contributed by atoms with Crippen molar-refractivity contribution < 1.29 is 14.1 Å². The largest absolute Gasteiger partial charge is 0.495 e. The van der Waals surface area contributed by atoms with E-state index < -0.39 is 5.91 Å². The van der Waals surface area contributed by atoms with Crippen molar-refractivity contribution in [2.75, 3.05) is 12.4 Å². The summed E-state index contributed by atoms with van der Waals surface area (Å²) in [4.78, 5) is 12.4. The number of amides is 1. The van der Waals surface area contributed by atoms with Crippen LogP contribution in [-0.4, -0.2) is 18.2 Å². The number of rotatable bonds is 4. The molecular weight excluding hydrogens is 328 g/mol.